The van der Waals surface area contributed by atoms with Gasteiger partial charge in [0.1, 0.15) is 11.8 Å². The number of hydrogen-bond donors (Lipinski definition) is 2. The standard InChI is InChI=1S/C25H23N3O7/c1-16(26-23(29)18-9-6-10-20(15-18)28(32)33)25(31)35-22(17-7-4-3-5-8-17)24(30)27-19-11-13-21(34-2)14-12-19/h3-16,22H,1-2H3,(H,26,29)(H,27,30)/t16-,22?/m0/s1. The molecule has 2 amide bonds. The minimum Gasteiger partial charge on any atom is -0.497 e. The average Bonchev–Trinajstić information content (AvgIpc) is 2.87. The minimum absolute atomic E-state index is 0.00991. The summed E-state index contributed by atoms with van der Waals surface area (Å²) in [6, 6.07) is 19.0. The lowest BCUT2D eigenvalue weighted by Crippen LogP contribution is -2.41. The number of esters is 1. The molecule has 0 radical (unpaired) electrons. The maximum atomic E-state index is 13.0. The van der Waals surface area contributed by atoms with E-state index in [1.54, 1.807) is 54.6 Å². The molecule has 0 aliphatic heterocycles. The summed E-state index contributed by atoms with van der Waals surface area (Å²) < 4.78 is 10.6. The highest BCUT2D eigenvalue weighted by Gasteiger charge is 2.28. The van der Waals surface area contributed by atoms with E-state index in [2.05, 4.69) is 10.6 Å². The molecule has 0 aliphatic carbocycles. The smallest absolute Gasteiger partial charge is 0.329 e. The predicted octanol–water partition coefficient (Wildman–Crippen LogP) is 3.64. The summed E-state index contributed by atoms with van der Waals surface area (Å²) in [5, 5.41) is 16.1. The van der Waals surface area contributed by atoms with Crippen molar-refractivity contribution in [3.63, 3.8) is 0 Å². The highest BCUT2D eigenvalue weighted by atomic mass is 16.6. The molecule has 0 fully saturated rings. The Balaban J connectivity index is 1.72. The third kappa shape index (κ3) is 6.64. The number of rotatable bonds is 9. The Labute approximate surface area is 201 Å². The van der Waals surface area contributed by atoms with Crippen LogP contribution in [0.25, 0.3) is 0 Å². The van der Waals surface area contributed by atoms with Gasteiger partial charge in [-0.15, -0.1) is 0 Å². The van der Waals surface area contributed by atoms with Gasteiger partial charge in [0, 0.05) is 28.9 Å². The van der Waals surface area contributed by atoms with E-state index in [0.717, 1.165) is 6.07 Å². The number of anilines is 1. The number of methoxy groups -OCH3 is 1. The van der Waals surface area contributed by atoms with Crippen LogP contribution in [0.5, 0.6) is 5.75 Å². The van der Waals surface area contributed by atoms with Crippen LogP contribution in [0.15, 0.2) is 78.9 Å². The molecular formula is C25H23N3O7. The largest absolute Gasteiger partial charge is 0.497 e. The normalized spacial score (nSPS) is 12.1. The molecule has 3 aromatic carbocycles. The Morgan fingerprint density at radius 1 is 0.943 bits per heavy atom. The first kappa shape index (κ1) is 24.9. The Kier molecular flexibility index (Phi) is 8.12. The first-order valence-corrected chi connectivity index (χ1v) is 10.5. The highest BCUT2D eigenvalue weighted by molar-refractivity contribution is 5.98. The van der Waals surface area contributed by atoms with Crippen LogP contribution in [0.3, 0.4) is 0 Å². The molecular weight excluding hydrogens is 454 g/mol. The van der Waals surface area contributed by atoms with E-state index >= 15 is 0 Å². The number of nitro benzene ring substituents is 1. The number of nitrogens with zero attached hydrogens (tertiary/aromatic N) is 1. The molecule has 0 aliphatic rings. The van der Waals surface area contributed by atoms with E-state index in [4.69, 9.17) is 9.47 Å². The average molecular weight is 477 g/mol. The second-order valence-electron chi connectivity index (χ2n) is 7.45. The van der Waals surface area contributed by atoms with Gasteiger partial charge >= 0.3 is 5.97 Å². The van der Waals surface area contributed by atoms with Crippen molar-refractivity contribution in [1.82, 2.24) is 5.32 Å². The molecule has 180 valence electrons. The lowest BCUT2D eigenvalue weighted by atomic mass is 10.1. The molecule has 0 saturated heterocycles. The number of nitrogens with one attached hydrogen (secondary N) is 2. The van der Waals surface area contributed by atoms with Gasteiger partial charge in [0.15, 0.2) is 0 Å². The molecule has 2 atom stereocenters. The molecule has 10 heteroatoms. The third-order valence-electron chi connectivity index (χ3n) is 4.95. The van der Waals surface area contributed by atoms with Gasteiger partial charge in [-0.25, -0.2) is 4.79 Å². The fourth-order valence-electron chi connectivity index (χ4n) is 3.10. The summed E-state index contributed by atoms with van der Waals surface area (Å²) in [5.41, 5.74) is 0.659. The van der Waals surface area contributed by atoms with Crippen LogP contribution in [0.4, 0.5) is 11.4 Å². The molecule has 3 rings (SSSR count). The van der Waals surface area contributed by atoms with Gasteiger partial charge in [-0.05, 0) is 37.3 Å². The molecule has 3 aromatic rings. The van der Waals surface area contributed by atoms with Crippen molar-refractivity contribution in [3.05, 3.63) is 100 Å². The van der Waals surface area contributed by atoms with Crippen molar-refractivity contribution >= 4 is 29.2 Å². The topological polar surface area (TPSA) is 137 Å². The number of carbonyl (C=O) groups is 3. The Hall–Kier alpha value is -4.73. The molecule has 10 nitrogen and oxygen atoms in total. The van der Waals surface area contributed by atoms with Gasteiger partial charge in [-0.1, -0.05) is 36.4 Å². The van der Waals surface area contributed by atoms with E-state index < -0.39 is 34.9 Å². The summed E-state index contributed by atoms with van der Waals surface area (Å²) in [6.07, 6.45) is -1.29. The SMILES string of the molecule is COc1ccc(NC(=O)C(OC(=O)[C@H](C)NC(=O)c2cccc([N+](=O)[O-])c2)c2ccccc2)cc1. The summed E-state index contributed by atoms with van der Waals surface area (Å²) >= 11 is 0. The third-order valence-corrected chi connectivity index (χ3v) is 4.95. The van der Waals surface area contributed by atoms with Crippen molar-refractivity contribution in [1.29, 1.82) is 0 Å². The molecule has 0 aromatic heterocycles. The molecule has 0 bridgehead atoms. The summed E-state index contributed by atoms with van der Waals surface area (Å²) in [5.74, 6) is -1.53. The van der Waals surface area contributed by atoms with Crippen molar-refractivity contribution in [2.75, 3.05) is 12.4 Å². The summed E-state index contributed by atoms with van der Waals surface area (Å²) in [6.45, 7) is 1.39. The zero-order valence-electron chi connectivity index (χ0n) is 19.0. The monoisotopic (exact) mass is 477 g/mol. The summed E-state index contributed by atoms with van der Waals surface area (Å²) in [4.78, 5) is 48.6. The number of hydrogen-bond acceptors (Lipinski definition) is 7. The van der Waals surface area contributed by atoms with E-state index in [1.807, 2.05) is 0 Å². The van der Waals surface area contributed by atoms with Crippen molar-refractivity contribution in [2.24, 2.45) is 0 Å². The zero-order chi connectivity index (χ0) is 25.4. The Morgan fingerprint density at radius 3 is 2.26 bits per heavy atom. The molecule has 1 unspecified atom stereocenters. The molecule has 35 heavy (non-hydrogen) atoms. The van der Waals surface area contributed by atoms with Gasteiger partial charge in [-0.2, -0.15) is 0 Å². The van der Waals surface area contributed by atoms with Gasteiger partial charge in [0.05, 0.1) is 12.0 Å². The van der Waals surface area contributed by atoms with Crippen LogP contribution >= 0.6 is 0 Å². The van der Waals surface area contributed by atoms with Gasteiger partial charge < -0.3 is 20.1 Å². The van der Waals surface area contributed by atoms with Crippen LogP contribution in [0, 0.1) is 10.1 Å². The van der Waals surface area contributed by atoms with Crippen LogP contribution < -0.4 is 15.4 Å². The molecule has 0 spiro atoms. The first-order valence-electron chi connectivity index (χ1n) is 10.5. The molecule has 2 N–H and O–H groups in total. The number of ether oxygens (including phenoxy) is 2. The maximum Gasteiger partial charge on any atom is 0.329 e. The lowest BCUT2D eigenvalue weighted by molar-refractivity contribution is -0.384. The maximum absolute atomic E-state index is 13.0. The van der Waals surface area contributed by atoms with Crippen molar-refractivity contribution < 1.29 is 28.8 Å². The fraction of sp³-hybridized carbons (Fsp3) is 0.160. The number of amides is 2. The quantitative estimate of drug-likeness (QED) is 0.273. The number of nitro groups is 1. The Bertz CT molecular complexity index is 1210. The van der Waals surface area contributed by atoms with Crippen LogP contribution in [-0.2, 0) is 14.3 Å². The summed E-state index contributed by atoms with van der Waals surface area (Å²) in [7, 11) is 1.53. The minimum atomic E-state index is -1.29. The lowest BCUT2D eigenvalue weighted by Gasteiger charge is -2.21. The van der Waals surface area contributed by atoms with Crippen LogP contribution in [0.1, 0.15) is 28.9 Å². The fourth-order valence-corrected chi connectivity index (χ4v) is 3.10. The molecule has 0 saturated carbocycles. The molecule has 0 heterocycles. The Morgan fingerprint density at radius 2 is 1.63 bits per heavy atom. The van der Waals surface area contributed by atoms with Crippen molar-refractivity contribution in [2.45, 2.75) is 19.1 Å². The van der Waals surface area contributed by atoms with Gasteiger partial charge in [-0.3, -0.25) is 19.7 Å². The second kappa shape index (κ2) is 11.4. The van der Waals surface area contributed by atoms with E-state index in [9.17, 15) is 24.5 Å². The van der Waals surface area contributed by atoms with E-state index in [1.165, 1.54) is 32.2 Å². The van der Waals surface area contributed by atoms with Crippen LogP contribution in [0.2, 0.25) is 0 Å². The predicted molar refractivity (Wildman–Crippen MR) is 127 cm³/mol. The number of benzene rings is 3. The van der Waals surface area contributed by atoms with Crippen LogP contribution in [-0.4, -0.2) is 35.9 Å². The van der Waals surface area contributed by atoms with Gasteiger partial charge in [0.25, 0.3) is 17.5 Å². The highest BCUT2D eigenvalue weighted by Crippen LogP contribution is 2.22. The number of carbonyl (C=O) groups excluding carboxylic acids is 3. The van der Waals surface area contributed by atoms with E-state index in [0.29, 0.717) is 17.0 Å². The van der Waals surface area contributed by atoms with Gasteiger partial charge in [0.2, 0.25) is 6.10 Å². The van der Waals surface area contributed by atoms with E-state index in [-0.39, 0.29) is 11.3 Å². The zero-order valence-corrected chi connectivity index (χ0v) is 19.0. The first-order chi connectivity index (χ1) is 16.8. The number of non-ortho nitro benzene ring substituents is 1. The second-order valence-corrected chi connectivity index (χ2v) is 7.45. The van der Waals surface area contributed by atoms with Crippen molar-refractivity contribution in [3.8, 4) is 5.75 Å².